The number of hydrogen-bond acceptors (Lipinski definition) is 2. The molecule has 138 valence electrons. The summed E-state index contributed by atoms with van der Waals surface area (Å²) in [4.78, 5) is 0. The summed E-state index contributed by atoms with van der Waals surface area (Å²) in [5, 5.41) is 3.46. The molecule has 0 fully saturated rings. The molecule has 2 heteroatoms. The first-order chi connectivity index (χ1) is 11.1. The van der Waals surface area contributed by atoms with Crippen LogP contribution in [0.3, 0.4) is 0 Å². The van der Waals surface area contributed by atoms with Gasteiger partial charge in [-0.2, -0.15) is 0 Å². The highest BCUT2D eigenvalue weighted by molar-refractivity contribution is 5.48. The van der Waals surface area contributed by atoms with Crippen molar-refractivity contribution >= 4 is 6.08 Å². The van der Waals surface area contributed by atoms with Gasteiger partial charge in [0.15, 0.2) is 0 Å². The molecule has 1 aromatic carbocycles. The topological polar surface area (TPSA) is 21.3 Å². The molecule has 2 nitrogen and oxygen atoms in total. The molecule has 1 N–H and O–H groups in total. The number of ether oxygens (including phenoxy) is 1. The van der Waals surface area contributed by atoms with Crippen LogP contribution in [0.4, 0.5) is 0 Å². The van der Waals surface area contributed by atoms with Gasteiger partial charge < -0.3 is 10.1 Å². The van der Waals surface area contributed by atoms with Gasteiger partial charge in [0.05, 0.1) is 6.61 Å². The minimum absolute atomic E-state index is 0.234. The third kappa shape index (κ3) is 14.3. The Hall–Kier alpha value is -1.28. The highest BCUT2D eigenvalue weighted by atomic mass is 16.5. The van der Waals surface area contributed by atoms with Crippen LogP contribution >= 0.6 is 0 Å². The fourth-order valence-corrected chi connectivity index (χ4v) is 2.54. The summed E-state index contributed by atoms with van der Waals surface area (Å²) in [6, 6.07) is 8.04. The molecular weight excluding hydrogens is 294 g/mol. The molecular formula is C22H39NO. The Kier molecular flexibility index (Phi) is 10.7. The van der Waals surface area contributed by atoms with Crippen LogP contribution < -0.4 is 10.1 Å². The Balaban J connectivity index is 0.000000506. The monoisotopic (exact) mass is 333 g/mol. The van der Waals surface area contributed by atoms with E-state index in [9.17, 15) is 0 Å². The summed E-state index contributed by atoms with van der Waals surface area (Å²) in [5.41, 5.74) is 1.60. The van der Waals surface area contributed by atoms with E-state index in [1.807, 2.05) is 30.3 Å². The Morgan fingerprint density at radius 2 is 1.46 bits per heavy atom. The van der Waals surface area contributed by atoms with E-state index in [0.717, 1.165) is 24.3 Å². The largest absolute Gasteiger partial charge is 0.494 e. The zero-order valence-corrected chi connectivity index (χ0v) is 17.0. The van der Waals surface area contributed by atoms with Crippen molar-refractivity contribution in [3.8, 4) is 5.75 Å². The molecule has 0 aliphatic rings. The fourth-order valence-electron chi connectivity index (χ4n) is 2.54. The van der Waals surface area contributed by atoms with Gasteiger partial charge in [0, 0.05) is 11.1 Å². The van der Waals surface area contributed by atoms with Crippen LogP contribution in [-0.2, 0) is 0 Å². The molecule has 0 unspecified atom stereocenters. The zero-order chi connectivity index (χ0) is 18.6. The van der Waals surface area contributed by atoms with E-state index in [-0.39, 0.29) is 11.1 Å². The molecule has 0 amide bonds. The molecule has 0 heterocycles. The first kappa shape index (κ1) is 22.7. The second kappa shape index (κ2) is 11.3. The normalized spacial score (nSPS) is 11.5. The van der Waals surface area contributed by atoms with Crippen LogP contribution in [0.5, 0.6) is 5.75 Å². The van der Waals surface area contributed by atoms with Crippen molar-refractivity contribution in [1.29, 1.82) is 0 Å². The molecule has 0 atom stereocenters. The van der Waals surface area contributed by atoms with Crippen LogP contribution in [0.15, 0.2) is 30.8 Å². The van der Waals surface area contributed by atoms with Gasteiger partial charge >= 0.3 is 0 Å². The molecule has 0 aromatic heterocycles. The summed E-state index contributed by atoms with van der Waals surface area (Å²) in [5.74, 6) is 0.956. The summed E-state index contributed by atoms with van der Waals surface area (Å²) in [6.07, 6.45) is 6.83. The second-order valence-electron chi connectivity index (χ2n) is 8.31. The smallest absolute Gasteiger partial charge is 0.119 e. The highest BCUT2D eigenvalue weighted by Gasteiger charge is 2.18. The highest BCUT2D eigenvalue weighted by Crippen LogP contribution is 2.13. The van der Waals surface area contributed by atoms with Crippen molar-refractivity contribution in [1.82, 2.24) is 5.32 Å². The van der Waals surface area contributed by atoms with Crippen molar-refractivity contribution in [3.05, 3.63) is 36.4 Å². The van der Waals surface area contributed by atoms with E-state index < -0.39 is 0 Å². The van der Waals surface area contributed by atoms with Crippen LogP contribution in [0.1, 0.15) is 79.7 Å². The molecule has 0 bridgehead atoms. The average Bonchev–Trinajstić information content (AvgIpc) is 2.44. The lowest BCUT2D eigenvalue weighted by molar-refractivity contribution is 0.303. The molecule has 24 heavy (non-hydrogen) atoms. The molecule has 1 rings (SSSR count). The lowest BCUT2D eigenvalue weighted by atomic mass is 10.0. The van der Waals surface area contributed by atoms with Gasteiger partial charge in [-0.25, -0.2) is 0 Å². The molecule has 0 spiro atoms. The Bertz CT molecular complexity index is 423. The van der Waals surface area contributed by atoms with Gasteiger partial charge in [-0.3, -0.25) is 0 Å². The number of rotatable bonds is 7. The van der Waals surface area contributed by atoms with Crippen molar-refractivity contribution in [2.24, 2.45) is 0 Å². The second-order valence-corrected chi connectivity index (χ2v) is 8.31. The minimum atomic E-state index is 0.234. The average molecular weight is 334 g/mol. The number of benzene rings is 1. The number of nitrogens with one attached hydrogen (secondary N) is 1. The summed E-state index contributed by atoms with van der Waals surface area (Å²) < 4.78 is 5.62. The van der Waals surface area contributed by atoms with Crippen molar-refractivity contribution < 1.29 is 4.74 Å². The molecule has 0 saturated carbocycles. The SMILES string of the molecule is C=Cc1ccc(OCCCCCC)cc1.CC(C)(C)NC(C)(C)C. The Morgan fingerprint density at radius 1 is 0.917 bits per heavy atom. The predicted molar refractivity (Wildman–Crippen MR) is 109 cm³/mol. The molecule has 0 radical (unpaired) electrons. The van der Waals surface area contributed by atoms with E-state index in [1.165, 1.54) is 19.3 Å². The standard InChI is InChI=1S/C14H20O.C8H19N/c1-3-5-6-7-12-15-14-10-8-13(4-2)9-11-14;1-7(2,3)9-8(4,5)6/h4,8-11H,2-3,5-7,12H2,1H3;9H,1-6H3. The lowest BCUT2D eigenvalue weighted by Gasteiger charge is -2.31. The van der Waals surface area contributed by atoms with E-state index >= 15 is 0 Å². The summed E-state index contributed by atoms with van der Waals surface area (Å²) in [7, 11) is 0. The van der Waals surface area contributed by atoms with Gasteiger partial charge in [-0.05, 0) is 65.7 Å². The van der Waals surface area contributed by atoms with Gasteiger partial charge in [0.25, 0.3) is 0 Å². The predicted octanol–water partition coefficient (Wildman–Crippen LogP) is 6.46. The Morgan fingerprint density at radius 3 is 1.83 bits per heavy atom. The van der Waals surface area contributed by atoms with Crippen LogP contribution in [0, 0.1) is 0 Å². The maximum atomic E-state index is 5.62. The van der Waals surface area contributed by atoms with Crippen molar-refractivity contribution in [2.75, 3.05) is 6.61 Å². The van der Waals surface area contributed by atoms with E-state index in [2.05, 4.69) is 60.4 Å². The third-order valence-electron chi connectivity index (χ3n) is 3.13. The maximum Gasteiger partial charge on any atom is 0.119 e. The Labute approximate surface area is 150 Å². The molecule has 1 aromatic rings. The van der Waals surface area contributed by atoms with Gasteiger partial charge in [0.1, 0.15) is 5.75 Å². The minimum Gasteiger partial charge on any atom is -0.494 e. The number of unbranched alkanes of at least 4 members (excludes halogenated alkanes) is 3. The third-order valence-corrected chi connectivity index (χ3v) is 3.13. The van der Waals surface area contributed by atoms with Crippen LogP contribution in [-0.4, -0.2) is 17.7 Å². The maximum absolute atomic E-state index is 5.62. The fraction of sp³-hybridized carbons (Fsp3) is 0.636. The van der Waals surface area contributed by atoms with Gasteiger partial charge in [-0.15, -0.1) is 0 Å². The van der Waals surface area contributed by atoms with E-state index in [0.29, 0.717) is 0 Å². The van der Waals surface area contributed by atoms with E-state index in [4.69, 9.17) is 4.74 Å². The number of hydrogen-bond donors (Lipinski definition) is 1. The summed E-state index contributed by atoms with van der Waals surface area (Å²) in [6.45, 7) is 19.8. The van der Waals surface area contributed by atoms with Crippen LogP contribution in [0.2, 0.25) is 0 Å². The quantitative estimate of drug-likeness (QED) is 0.578. The first-order valence-corrected chi connectivity index (χ1v) is 9.22. The zero-order valence-electron chi connectivity index (χ0n) is 17.0. The lowest BCUT2D eigenvalue weighted by Crippen LogP contribution is -2.48. The molecule has 0 aliphatic heterocycles. The molecule has 0 saturated heterocycles. The summed E-state index contributed by atoms with van der Waals surface area (Å²) >= 11 is 0. The first-order valence-electron chi connectivity index (χ1n) is 9.22. The van der Waals surface area contributed by atoms with Gasteiger partial charge in [0.2, 0.25) is 0 Å². The molecule has 0 aliphatic carbocycles. The van der Waals surface area contributed by atoms with Crippen LogP contribution in [0.25, 0.3) is 6.08 Å². The van der Waals surface area contributed by atoms with E-state index in [1.54, 1.807) is 0 Å². The van der Waals surface area contributed by atoms with Crippen molar-refractivity contribution in [3.63, 3.8) is 0 Å². The van der Waals surface area contributed by atoms with Gasteiger partial charge in [-0.1, -0.05) is 51.0 Å². The van der Waals surface area contributed by atoms with Crippen molar-refractivity contribution in [2.45, 2.75) is 85.2 Å².